The molecule has 0 saturated heterocycles. The molecule has 7 unspecified atom stereocenters. The smallest absolute Gasteiger partial charge is 0.335 e. The monoisotopic (exact) mass is 438 g/mol. The molecule has 6 heteroatoms. The predicted octanol–water partition coefficient (Wildman–Crippen LogP) is 3.74. The first-order chi connectivity index (χ1) is 14.8. The molecule has 3 aliphatic carbocycles. The summed E-state index contributed by atoms with van der Waals surface area (Å²) in [5.74, 6) is -3.84. The number of rotatable bonds is 2. The van der Waals surface area contributed by atoms with Crippen LogP contribution < -0.4 is 0 Å². The minimum atomic E-state index is -1.09. The summed E-state index contributed by atoms with van der Waals surface area (Å²) in [6, 6.07) is 3.20. The van der Waals surface area contributed by atoms with Gasteiger partial charge in [0, 0.05) is 29.4 Å². The second-order valence-corrected chi connectivity index (χ2v) is 10.1. The minimum Gasteiger partial charge on any atom is -0.478 e. The van der Waals surface area contributed by atoms with Crippen LogP contribution in [0.1, 0.15) is 78.8 Å². The van der Waals surface area contributed by atoms with Crippen molar-refractivity contribution in [2.24, 2.45) is 29.1 Å². The fourth-order valence-corrected chi connectivity index (χ4v) is 6.99. The van der Waals surface area contributed by atoms with Crippen LogP contribution in [0.5, 0.6) is 0 Å². The zero-order valence-corrected chi connectivity index (χ0v) is 19.4. The highest BCUT2D eigenvalue weighted by atomic mass is 16.4. The summed E-state index contributed by atoms with van der Waals surface area (Å²) < 4.78 is 0. The summed E-state index contributed by atoms with van der Waals surface area (Å²) in [6.45, 7) is 10.7. The van der Waals surface area contributed by atoms with Crippen LogP contribution in [0.2, 0.25) is 0 Å². The van der Waals surface area contributed by atoms with Crippen molar-refractivity contribution in [3.8, 4) is 0 Å². The molecular weight excluding hydrogens is 408 g/mol. The van der Waals surface area contributed by atoms with Crippen molar-refractivity contribution in [3.63, 3.8) is 0 Å². The van der Waals surface area contributed by atoms with Crippen LogP contribution in [-0.4, -0.2) is 39.6 Å². The van der Waals surface area contributed by atoms with Crippen molar-refractivity contribution in [1.82, 2.24) is 0 Å². The lowest BCUT2D eigenvalue weighted by Gasteiger charge is -2.57. The number of fused-ring (bicyclic) bond motifs is 3. The van der Waals surface area contributed by atoms with Crippen LogP contribution in [0.25, 0.3) is 0 Å². The van der Waals surface area contributed by atoms with E-state index in [1.165, 1.54) is 13.0 Å². The maximum atomic E-state index is 13.9. The van der Waals surface area contributed by atoms with Crippen LogP contribution in [0, 0.1) is 36.0 Å². The van der Waals surface area contributed by atoms with E-state index in [-0.39, 0.29) is 47.1 Å². The maximum Gasteiger partial charge on any atom is 0.335 e. The van der Waals surface area contributed by atoms with Gasteiger partial charge in [0.25, 0.3) is 0 Å². The Kier molecular flexibility index (Phi) is 5.09. The normalized spacial score (nSPS) is 36.3. The molecule has 0 bridgehead atoms. The van der Waals surface area contributed by atoms with Crippen molar-refractivity contribution in [2.75, 3.05) is 0 Å². The van der Waals surface area contributed by atoms with Crippen LogP contribution >= 0.6 is 0 Å². The molecule has 1 saturated carbocycles. The Balaban J connectivity index is 1.98. The summed E-state index contributed by atoms with van der Waals surface area (Å²) in [6.07, 6.45) is -0.803. The summed E-state index contributed by atoms with van der Waals surface area (Å²) in [5.41, 5.74) is 2.30. The van der Waals surface area contributed by atoms with Gasteiger partial charge in [-0.25, -0.2) is 4.79 Å². The fourth-order valence-electron chi connectivity index (χ4n) is 6.99. The van der Waals surface area contributed by atoms with Gasteiger partial charge in [0.15, 0.2) is 5.78 Å². The molecule has 0 spiro atoms. The van der Waals surface area contributed by atoms with E-state index in [0.29, 0.717) is 16.7 Å². The van der Waals surface area contributed by atoms with Gasteiger partial charge in [-0.15, -0.1) is 0 Å². The van der Waals surface area contributed by atoms with Gasteiger partial charge in [0.1, 0.15) is 11.6 Å². The molecular formula is C26H30O6. The van der Waals surface area contributed by atoms with E-state index in [9.17, 15) is 29.4 Å². The zero-order valence-electron chi connectivity index (χ0n) is 19.4. The molecule has 0 amide bonds. The first-order valence-corrected chi connectivity index (χ1v) is 11.2. The number of carboxylic acids is 1. The Bertz CT molecular complexity index is 1110. The van der Waals surface area contributed by atoms with Crippen LogP contribution in [-0.2, 0) is 9.59 Å². The lowest BCUT2D eigenvalue weighted by atomic mass is 9.46. The highest BCUT2D eigenvalue weighted by Gasteiger charge is 2.60. The van der Waals surface area contributed by atoms with E-state index in [0.717, 1.165) is 11.1 Å². The van der Waals surface area contributed by atoms with E-state index >= 15 is 0 Å². The van der Waals surface area contributed by atoms with Crippen molar-refractivity contribution < 1.29 is 29.4 Å². The minimum absolute atomic E-state index is 0.0923. The second-order valence-electron chi connectivity index (χ2n) is 10.1. The molecule has 6 nitrogen and oxygen atoms in total. The van der Waals surface area contributed by atoms with E-state index < -0.39 is 29.3 Å². The van der Waals surface area contributed by atoms with Crippen LogP contribution in [0.4, 0.5) is 0 Å². The Labute approximate surface area is 187 Å². The number of benzene rings is 1. The predicted molar refractivity (Wildman–Crippen MR) is 118 cm³/mol. The maximum absolute atomic E-state index is 13.9. The Hall–Kier alpha value is -2.60. The third kappa shape index (κ3) is 2.68. The number of allylic oxidation sites excluding steroid dienone is 1. The number of carboxylic acid groups (broad SMARTS) is 1. The van der Waals surface area contributed by atoms with Gasteiger partial charge < -0.3 is 10.2 Å². The summed E-state index contributed by atoms with van der Waals surface area (Å²) in [7, 11) is 0. The van der Waals surface area contributed by atoms with E-state index in [2.05, 4.69) is 0 Å². The van der Waals surface area contributed by atoms with Gasteiger partial charge in [-0.2, -0.15) is 0 Å². The Morgan fingerprint density at radius 1 is 1.12 bits per heavy atom. The molecule has 1 aromatic carbocycles. The van der Waals surface area contributed by atoms with Gasteiger partial charge in [0.05, 0.1) is 17.6 Å². The number of hydrogen-bond donors (Lipinski definition) is 2. The standard InChI is InChI=1S/C26H30O6/c1-10-15-7-8-16(25(31)32)11(2)19(15)24(30)22-13(4)26(6)12(3)21(14(5)27)18(28)9-17(26)23(29)20(10)22/h7-8,10,12,17,20-21,23,29H,9H2,1-6H3,(H,31,32). The molecule has 4 rings (SSSR count). The molecule has 32 heavy (non-hydrogen) atoms. The molecule has 170 valence electrons. The van der Waals surface area contributed by atoms with E-state index in [1.54, 1.807) is 13.0 Å². The van der Waals surface area contributed by atoms with Gasteiger partial charge in [-0.3, -0.25) is 14.4 Å². The lowest BCUT2D eigenvalue weighted by Crippen LogP contribution is -2.59. The van der Waals surface area contributed by atoms with Gasteiger partial charge >= 0.3 is 5.97 Å². The molecule has 0 radical (unpaired) electrons. The SMILES string of the molecule is CC(=O)C1C(=O)CC2C(O)C3C(=C(C)C2(C)C1C)C(=O)c1c(ccc(C(=O)O)c1C)C3C. The Morgan fingerprint density at radius 3 is 2.31 bits per heavy atom. The molecule has 0 heterocycles. The highest BCUT2D eigenvalue weighted by Crippen LogP contribution is 2.61. The van der Waals surface area contributed by atoms with Crippen molar-refractivity contribution >= 4 is 23.3 Å². The zero-order chi connectivity index (χ0) is 23.9. The molecule has 7 atom stereocenters. The summed E-state index contributed by atoms with van der Waals surface area (Å²) in [4.78, 5) is 50.7. The topological polar surface area (TPSA) is 109 Å². The number of Topliss-reactive ketones (excluding diaryl/α,β-unsaturated/α-hetero) is 3. The first kappa shape index (κ1) is 22.6. The van der Waals surface area contributed by atoms with Crippen molar-refractivity contribution in [1.29, 1.82) is 0 Å². The van der Waals surface area contributed by atoms with Gasteiger partial charge in [0.2, 0.25) is 0 Å². The van der Waals surface area contributed by atoms with E-state index in [1.807, 2.05) is 27.7 Å². The number of hydrogen-bond acceptors (Lipinski definition) is 5. The number of aromatic carboxylic acids is 1. The van der Waals surface area contributed by atoms with Crippen LogP contribution in [0.3, 0.4) is 0 Å². The number of aliphatic hydroxyl groups is 1. The van der Waals surface area contributed by atoms with Crippen molar-refractivity contribution in [3.05, 3.63) is 45.5 Å². The lowest BCUT2D eigenvalue weighted by molar-refractivity contribution is -0.148. The average molecular weight is 439 g/mol. The first-order valence-electron chi connectivity index (χ1n) is 11.2. The highest BCUT2D eigenvalue weighted by molar-refractivity contribution is 6.14. The third-order valence-corrected chi connectivity index (χ3v) is 8.98. The third-order valence-electron chi connectivity index (χ3n) is 8.98. The number of carbonyl (C=O) groups is 4. The van der Waals surface area contributed by atoms with Crippen molar-refractivity contribution in [2.45, 2.75) is 60.0 Å². The number of carbonyl (C=O) groups excluding carboxylic acids is 3. The largest absolute Gasteiger partial charge is 0.478 e. The number of aliphatic hydroxyl groups excluding tert-OH is 1. The molecule has 2 N–H and O–H groups in total. The summed E-state index contributed by atoms with van der Waals surface area (Å²) >= 11 is 0. The van der Waals surface area contributed by atoms with Gasteiger partial charge in [-0.1, -0.05) is 32.4 Å². The Morgan fingerprint density at radius 2 is 1.75 bits per heavy atom. The molecule has 3 aliphatic rings. The fraction of sp³-hybridized carbons (Fsp3) is 0.538. The van der Waals surface area contributed by atoms with Gasteiger partial charge in [-0.05, 0) is 55.2 Å². The molecule has 0 aromatic heterocycles. The quantitative estimate of drug-likeness (QED) is 0.681. The van der Waals surface area contributed by atoms with Crippen LogP contribution in [0.15, 0.2) is 23.3 Å². The summed E-state index contributed by atoms with van der Waals surface area (Å²) in [5, 5.41) is 21.1. The second kappa shape index (κ2) is 7.20. The van der Waals surface area contributed by atoms with E-state index in [4.69, 9.17) is 0 Å². The molecule has 1 fully saturated rings. The number of ketones is 3. The average Bonchev–Trinajstić information content (AvgIpc) is 2.70. The molecule has 1 aromatic rings. The molecule has 0 aliphatic heterocycles.